The Hall–Kier alpha value is -1.29. The first-order valence-electron chi connectivity index (χ1n) is 6.89. The molecule has 1 aliphatic heterocycles. The van der Waals surface area contributed by atoms with E-state index in [0.717, 1.165) is 30.4 Å². The van der Waals surface area contributed by atoms with Gasteiger partial charge in [0.15, 0.2) is 0 Å². The average molecular weight is 248 g/mol. The van der Waals surface area contributed by atoms with Crippen molar-refractivity contribution in [3.8, 4) is 0 Å². The Morgan fingerprint density at radius 2 is 2.11 bits per heavy atom. The van der Waals surface area contributed by atoms with Gasteiger partial charge in [0.1, 0.15) is 0 Å². The van der Waals surface area contributed by atoms with Crippen LogP contribution in [0.2, 0.25) is 0 Å². The number of anilines is 2. The van der Waals surface area contributed by atoms with Crippen molar-refractivity contribution in [3.63, 3.8) is 0 Å². The van der Waals surface area contributed by atoms with E-state index in [4.69, 9.17) is 0 Å². The van der Waals surface area contributed by atoms with Crippen LogP contribution in [0.4, 0.5) is 11.4 Å². The lowest BCUT2D eigenvalue weighted by molar-refractivity contribution is 0.217. The highest BCUT2D eigenvalue weighted by Gasteiger charge is 2.16. The van der Waals surface area contributed by atoms with Crippen molar-refractivity contribution in [2.45, 2.75) is 19.8 Å². The summed E-state index contributed by atoms with van der Waals surface area (Å²) in [4.78, 5) is 6.67. The SMILES string of the molecule is CCNc1cncc(NCC2CCCN(C)C2)c1. The fourth-order valence-electron chi connectivity index (χ4n) is 2.54. The van der Waals surface area contributed by atoms with Crippen LogP contribution < -0.4 is 10.6 Å². The minimum Gasteiger partial charge on any atom is -0.384 e. The molecule has 1 aromatic rings. The van der Waals surface area contributed by atoms with E-state index in [2.05, 4.69) is 40.6 Å². The molecule has 4 nitrogen and oxygen atoms in total. The maximum atomic E-state index is 4.25. The lowest BCUT2D eigenvalue weighted by atomic mass is 9.98. The zero-order valence-corrected chi connectivity index (χ0v) is 11.4. The fourth-order valence-corrected chi connectivity index (χ4v) is 2.54. The van der Waals surface area contributed by atoms with Crippen molar-refractivity contribution in [2.24, 2.45) is 5.92 Å². The van der Waals surface area contributed by atoms with Crippen molar-refractivity contribution in [3.05, 3.63) is 18.5 Å². The Labute approximate surface area is 110 Å². The zero-order valence-electron chi connectivity index (χ0n) is 11.4. The van der Waals surface area contributed by atoms with Gasteiger partial charge in [0, 0.05) is 19.6 Å². The number of aromatic nitrogens is 1. The second-order valence-corrected chi connectivity index (χ2v) is 5.14. The summed E-state index contributed by atoms with van der Waals surface area (Å²) in [5.41, 5.74) is 2.20. The first-order valence-corrected chi connectivity index (χ1v) is 6.89. The molecule has 1 atom stereocenters. The number of piperidine rings is 1. The molecule has 2 heterocycles. The van der Waals surface area contributed by atoms with Gasteiger partial charge in [0.25, 0.3) is 0 Å². The van der Waals surface area contributed by atoms with Crippen LogP contribution in [0, 0.1) is 5.92 Å². The van der Waals surface area contributed by atoms with Crippen LogP contribution in [0.3, 0.4) is 0 Å². The summed E-state index contributed by atoms with van der Waals surface area (Å²) < 4.78 is 0. The molecule has 100 valence electrons. The highest BCUT2D eigenvalue weighted by Crippen LogP contribution is 2.17. The summed E-state index contributed by atoms with van der Waals surface area (Å²) in [5, 5.41) is 6.79. The maximum absolute atomic E-state index is 4.25. The molecule has 2 rings (SSSR count). The third kappa shape index (κ3) is 3.88. The van der Waals surface area contributed by atoms with E-state index in [-0.39, 0.29) is 0 Å². The molecule has 0 aromatic carbocycles. The van der Waals surface area contributed by atoms with E-state index >= 15 is 0 Å². The second-order valence-electron chi connectivity index (χ2n) is 5.14. The first-order chi connectivity index (χ1) is 8.78. The van der Waals surface area contributed by atoms with E-state index in [1.165, 1.54) is 25.9 Å². The van der Waals surface area contributed by atoms with Gasteiger partial charge in [-0.3, -0.25) is 4.98 Å². The lowest BCUT2D eigenvalue weighted by Gasteiger charge is -2.29. The van der Waals surface area contributed by atoms with Gasteiger partial charge in [0.05, 0.1) is 23.8 Å². The van der Waals surface area contributed by atoms with Crippen molar-refractivity contribution in [2.75, 3.05) is 43.9 Å². The molecule has 1 unspecified atom stereocenters. The summed E-state index contributed by atoms with van der Waals surface area (Å²) in [6.07, 6.45) is 6.41. The van der Waals surface area contributed by atoms with Gasteiger partial charge in [-0.25, -0.2) is 0 Å². The quantitative estimate of drug-likeness (QED) is 0.838. The topological polar surface area (TPSA) is 40.2 Å². The van der Waals surface area contributed by atoms with Crippen molar-refractivity contribution < 1.29 is 0 Å². The van der Waals surface area contributed by atoms with Gasteiger partial charge in [0.2, 0.25) is 0 Å². The smallest absolute Gasteiger partial charge is 0.0547 e. The molecule has 2 N–H and O–H groups in total. The van der Waals surface area contributed by atoms with Gasteiger partial charge < -0.3 is 15.5 Å². The monoisotopic (exact) mass is 248 g/mol. The number of nitrogens with one attached hydrogen (secondary N) is 2. The van der Waals surface area contributed by atoms with Gasteiger partial charge in [-0.2, -0.15) is 0 Å². The second kappa shape index (κ2) is 6.59. The molecule has 0 saturated carbocycles. The van der Waals surface area contributed by atoms with Crippen LogP contribution in [-0.2, 0) is 0 Å². The predicted molar refractivity (Wildman–Crippen MR) is 77.1 cm³/mol. The van der Waals surface area contributed by atoms with E-state index in [0.29, 0.717) is 0 Å². The number of hydrogen-bond acceptors (Lipinski definition) is 4. The lowest BCUT2D eigenvalue weighted by Crippen LogP contribution is -2.35. The van der Waals surface area contributed by atoms with Crippen LogP contribution in [-0.4, -0.2) is 43.1 Å². The average Bonchev–Trinajstić information content (AvgIpc) is 2.37. The molecular weight excluding hydrogens is 224 g/mol. The Bertz CT molecular complexity index is 367. The van der Waals surface area contributed by atoms with E-state index in [9.17, 15) is 0 Å². The number of hydrogen-bond donors (Lipinski definition) is 2. The molecule has 1 fully saturated rings. The van der Waals surface area contributed by atoms with Crippen molar-refractivity contribution in [1.82, 2.24) is 9.88 Å². The Morgan fingerprint density at radius 3 is 2.83 bits per heavy atom. The fraction of sp³-hybridized carbons (Fsp3) is 0.643. The van der Waals surface area contributed by atoms with Crippen LogP contribution in [0.25, 0.3) is 0 Å². The van der Waals surface area contributed by atoms with Crippen molar-refractivity contribution in [1.29, 1.82) is 0 Å². The number of rotatable bonds is 5. The maximum Gasteiger partial charge on any atom is 0.0547 e. The predicted octanol–water partition coefficient (Wildman–Crippen LogP) is 2.27. The summed E-state index contributed by atoms with van der Waals surface area (Å²) in [6, 6.07) is 2.13. The van der Waals surface area contributed by atoms with E-state index in [1.54, 1.807) is 0 Å². The molecule has 4 heteroatoms. The van der Waals surface area contributed by atoms with Crippen LogP contribution in [0.1, 0.15) is 19.8 Å². The minimum absolute atomic E-state index is 0.756. The highest BCUT2D eigenvalue weighted by molar-refractivity contribution is 5.53. The molecule has 0 amide bonds. The Morgan fingerprint density at radius 1 is 1.33 bits per heavy atom. The van der Waals surface area contributed by atoms with Gasteiger partial charge in [-0.15, -0.1) is 0 Å². The summed E-state index contributed by atoms with van der Waals surface area (Å²) >= 11 is 0. The van der Waals surface area contributed by atoms with Crippen molar-refractivity contribution >= 4 is 11.4 Å². The van der Waals surface area contributed by atoms with Gasteiger partial charge in [-0.05, 0) is 45.3 Å². The third-order valence-electron chi connectivity index (χ3n) is 3.44. The standard InChI is InChI=1S/C14H24N4/c1-3-16-13-7-14(10-15-9-13)17-8-12-5-4-6-18(2)11-12/h7,9-10,12,16-17H,3-6,8,11H2,1-2H3. The molecule has 1 saturated heterocycles. The molecule has 1 aromatic heterocycles. The Balaban J connectivity index is 1.83. The minimum atomic E-state index is 0.756. The number of likely N-dealkylation sites (tertiary alicyclic amines) is 1. The number of nitrogens with zero attached hydrogens (tertiary/aromatic N) is 2. The first kappa shape index (κ1) is 13.1. The van der Waals surface area contributed by atoms with Crippen LogP contribution >= 0.6 is 0 Å². The molecule has 0 spiro atoms. The third-order valence-corrected chi connectivity index (χ3v) is 3.44. The summed E-state index contributed by atoms with van der Waals surface area (Å²) in [7, 11) is 2.21. The van der Waals surface area contributed by atoms with Gasteiger partial charge >= 0.3 is 0 Å². The largest absolute Gasteiger partial charge is 0.384 e. The molecule has 0 aliphatic carbocycles. The molecule has 18 heavy (non-hydrogen) atoms. The molecular formula is C14H24N4. The van der Waals surface area contributed by atoms with E-state index in [1.807, 2.05) is 12.4 Å². The van der Waals surface area contributed by atoms with E-state index < -0.39 is 0 Å². The number of pyridine rings is 1. The summed E-state index contributed by atoms with van der Waals surface area (Å²) in [5.74, 6) is 0.756. The highest BCUT2D eigenvalue weighted by atomic mass is 15.1. The van der Waals surface area contributed by atoms with Crippen LogP contribution in [0.15, 0.2) is 18.5 Å². The molecule has 1 aliphatic rings. The summed E-state index contributed by atoms with van der Waals surface area (Å²) in [6.45, 7) is 6.51. The van der Waals surface area contributed by atoms with Crippen LogP contribution in [0.5, 0.6) is 0 Å². The molecule has 0 radical (unpaired) electrons. The Kier molecular flexibility index (Phi) is 4.81. The molecule has 0 bridgehead atoms. The normalized spacial score (nSPS) is 20.7. The zero-order chi connectivity index (χ0) is 12.8. The van der Waals surface area contributed by atoms with Gasteiger partial charge in [-0.1, -0.05) is 0 Å².